The van der Waals surface area contributed by atoms with Crippen molar-refractivity contribution in [3.05, 3.63) is 60.0 Å². The van der Waals surface area contributed by atoms with E-state index in [9.17, 15) is 14.4 Å². The van der Waals surface area contributed by atoms with Gasteiger partial charge >= 0.3 is 6.03 Å². The van der Waals surface area contributed by atoms with E-state index in [1.165, 1.54) is 0 Å². The molecule has 3 N–H and O–H groups in total. The highest BCUT2D eigenvalue weighted by atomic mass is 16.5. The van der Waals surface area contributed by atoms with E-state index in [-0.39, 0.29) is 17.7 Å². The Morgan fingerprint density at radius 2 is 1.50 bits per heavy atom. The molecule has 2 heterocycles. The van der Waals surface area contributed by atoms with Gasteiger partial charge in [-0.15, -0.1) is 0 Å². The molecule has 0 atom stereocenters. The Morgan fingerprint density at radius 1 is 0.842 bits per heavy atom. The number of Topliss-reactive ketones (excluding diaryl/α,β-unsaturated/α-hetero) is 1. The van der Waals surface area contributed by atoms with E-state index >= 15 is 0 Å². The first-order valence-electron chi connectivity index (χ1n) is 12.3. The number of methoxy groups -OCH3 is 1. The molecule has 0 fully saturated rings. The number of nitrogens with one attached hydrogen (secondary N) is 3. The lowest BCUT2D eigenvalue weighted by Gasteiger charge is -2.13. The molecule has 11 heteroatoms. The van der Waals surface area contributed by atoms with Crippen LogP contribution in [0.3, 0.4) is 0 Å². The van der Waals surface area contributed by atoms with Crippen LogP contribution in [-0.4, -0.2) is 73.8 Å². The summed E-state index contributed by atoms with van der Waals surface area (Å²) in [6.45, 7) is 8.20. The third kappa shape index (κ3) is 8.65. The topological polar surface area (TPSA) is 132 Å². The molecule has 3 aromatic rings. The number of hydrogen-bond donors (Lipinski definition) is 3. The second-order valence-electron chi connectivity index (χ2n) is 9.52. The van der Waals surface area contributed by atoms with Crippen molar-refractivity contribution in [3.63, 3.8) is 0 Å². The minimum atomic E-state index is -0.537. The summed E-state index contributed by atoms with van der Waals surface area (Å²) in [5.74, 6) is -0.364. The lowest BCUT2D eigenvalue weighted by molar-refractivity contribution is 0.0260. The number of amides is 3. The van der Waals surface area contributed by atoms with Crippen molar-refractivity contribution in [1.82, 2.24) is 14.7 Å². The molecule has 0 aliphatic carbocycles. The highest BCUT2D eigenvalue weighted by molar-refractivity contribution is 6.04. The zero-order chi connectivity index (χ0) is 27.5. The van der Waals surface area contributed by atoms with Crippen LogP contribution < -0.4 is 16.0 Å². The molecule has 0 aliphatic heterocycles. The normalized spacial score (nSPS) is 11.4. The van der Waals surface area contributed by atoms with Gasteiger partial charge in [-0.2, -0.15) is 0 Å². The Hall–Kier alpha value is -3.80. The Kier molecular flexibility index (Phi) is 10.3. The van der Waals surface area contributed by atoms with Crippen molar-refractivity contribution in [2.75, 3.05) is 57.3 Å². The zero-order valence-corrected chi connectivity index (χ0v) is 22.2. The van der Waals surface area contributed by atoms with Crippen LogP contribution >= 0.6 is 0 Å². The summed E-state index contributed by atoms with van der Waals surface area (Å²) in [5, 5.41) is 8.25. The molecule has 38 heavy (non-hydrogen) atoms. The highest BCUT2D eigenvalue weighted by Crippen LogP contribution is 2.21. The van der Waals surface area contributed by atoms with Crippen LogP contribution in [0.25, 0.3) is 5.65 Å². The highest BCUT2D eigenvalue weighted by Gasteiger charge is 2.25. The summed E-state index contributed by atoms with van der Waals surface area (Å²) >= 11 is 0. The van der Waals surface area contributed by atoms with Crippen LogP contribution in [0.15, 0.2) is 48.8 Å². The number of urea groups is 1. The molecule has 0 aliphatic rings. The number of nitrogens with zero attached hydrogens (tertiary/aromatic N) is 2. The van der Waals surface area contributed by atoms with Crippen molar-refractivity contribution >= 4 is 34.7 Å². The summed E-state index contributed by atoms with van der Waals surface area (Å²) in [6.07, 6.45) is 3.37. The van der Waals surface area contributed by atoms with Gasteiger partial charge in [0.15, 0.2) is 5.78 Å². The van der Waals surface area contributed by atoms with E-state index in [1.807, 2.05) is 20.8 Å². The Balaban J connectivity index is 1.44. The predicted octanol–water partition coefficient (Wildman–Crippen LogP) is 3.62. The molecule has 0 saturated carbocycles. The first-order chi connectivity index (χ1) is 18.2. The maximum absolute atomic E-state index is 12.7. The molecule has 0 unspecified atom stereocenters. The molecule has 0 saturated heterocycles. The molecule has 3 amide bonds. The average molecular weight is 526 g/mol. The summed E-state index contributed by atoms with van der Waals surface area (Å²) in [5.41, 5.74) is 1.98. The van der Waals surface area contributed by atoms with Gasteiger partial charge in [-0.25, -0.2) is 9.78 Å². The molecule has 11 nitrogen and oxygen atoms in total. The molecule has 1 aromatic carbocycles. The Morgan fingerprint density at radius 3 is 2.18 bits per heavy atom. The quantitative estimate of drug-likeness (QED) is 0.229. The fraction of sp³-hybridized carbons (Fsp3) is 0.407. The maximum Gasteiger partial charge on any atom is 0.319 e. The van der Waals surface area contributed by atoms with Crippen LogP contribution in [0.4, 0.5) is 16.2 Å². The van der Waals surface area contributed by atoms with E-state index in [4.69, 9.17) is 14.2 Å². The van der Waals surface area contributed by atoms with E-state index in [1.54, 1.807) is 60.3 Å². The minimum Gasteiger partial charge on any atom is -0.382 e. The molecule has 204 valence electrons. The number of carbonyl (C=O) groups excluding carboxylic acids is 3. The number of imidazole rings is 1. The molecular formula is C27H35N5O6. The van der Waals surface area contributed by atoms with Gasteiger partial charge in [0, 0.05) is 42.7 Å². The Bertz CT molecular complexity index is 1230. The van der Waals surface area contributed by atoms with Crippen molar-refractivity contribution < 1.29 is 28.6 Å². The van der Waals surface area contributed by atoms with Crippen LogP contribution in [0.1, 0.15) is 41.6 Å². The number of fused-ring (bicyclic) bond motifs is 1. The van der Waals surface area contributed by atoms with Crippen molar-refractivity contribution in [3.8, 4) is 0 Å². The van der Waals surface area contributed by atoms with Crippen molar-refractivity contribution in [2.45, 2.75) is 20.8 Å². The molecule has 2 aromatic heterocycles. The average Bonchev–Trinajstić information content (AvgIpc) is 3.30. The van der Waals surface area contributed by atoms with Gasteiger partial charge in [0.2, 0.25) is 0 Å². The number of ether oxygens (including phenoxy) is 3. The minimum absolute atomic E-state index is 0.0537. The monoisotopic (exact) mass is 525 g/mol. The molecule has 0 spiro atoms. The predicted molar refractivity (Wildman–Crippen MR) is 144 cm³/mol. The van der Waals surface area contributed by atoms with Gasteiger partial charge < -0.3 is 34.6 Å². The van der Waals surface area contributed by atoms with Crippen molar-refractivity contribution in [1.29, 1.82) is 0 Å². The van der Waals surface area contributed by atoms with E-state index in [0.717, 1.165) is 0 Å². The zero-order valence-electron chi connectivity index (χ0n) is 22.2. The standard InChI is InChI=1S/C27H35N5O6/c1-27(2,3)24(33)22-18-32-17-21(9-10-23(32)31-22)29-25(34)19-5-7-20(8-6-19)30-26(35)28-11-12-37-15-16-38-14-13-36-4/h5-10,17-18H,11-16H2,1-4H3,(H,29,34)(H2,28,30,35). The fourth-order valence-corrected chi connectivity index (χ4v) is 3.34. The van der Waals surface area contributed by atoms with Crippen LogP contribution in [-0.2, 0) is 14.2 Å². The molecular weight excluding hydrogens is 490 g/mol. The summed E-state index contributed by atoms with van der Waals surface area (Å²) in [7, 11) is 1.61. The second-order valence-corrected chi connectivity index (χ2v) is 9.52. The number of hydrogen-bond acceptors (Lipinski definition) is 7. The number of rotatable bonds is 13. The number of pyridine rings is 1. The van der Waals surface area contributed by atoms with Gasteiger partial charge in [-0.3, -0.25) is 9.59 Å². The number of aromatic nitrogens is 2. The van der Waals surface area contributed by atoms with E-state index in [0.29, 0.717) is 67.9 Å². The third-order valence-corrected chi connectivity index (χ3v) is 5.36. The number of benzene rings is 1. The SMILES string of the molecule is COCCOCCOCCNC(=O)Nc1ccc(C(=O)Nc2ccc3nc(C(=O)C(C)(C)C)cn3c2)cc1. The molecule has 3 rings (SSSR count). The number of anilines is 2. The van der Waals surface area contributed by atoms with Gasteiger partial charge in [0.05, 0.1) is 38.7 Å². The number of carbonyl (C=O) groups is 3. The molecule has 0 radical (unpaired) electrons. The van der Waals surface area contributed by atoms with Crippen LogP contribution in [0.5, 0.6) is 0 Å². The fourth-order valence-electron chi connectivity index (χ4n) is 3.34. The largest absolute Gasteiger partial charge is 0.382 e. The van der Waals surface area contributed by atoms with E-state index < -0.39 is 5.41 Å². The first-order valence-corrected chi connectivity index (χ1v) is 12.3. The van der Waals surface area contributed by atoms with Gasteiger partial charge in [0.1, 0.15) is 11.3 Å². The van der Waals surface area contributed by atoms with Gasteiger partial charge in [-0.1, -0.05) is 20.8 Å². The lowest BCUT2D eigenvalue weighted by atomic mass is 9.89. The number of ketones is 1. The summed E-state index contributed by atoms with van der Waals surface area (Å²) in [4.78, 5) is 41.7. The third-order valence-electron chi connectivity index (χ3n) is 5.36. The van der Waals surface area contributed by atoms with E-state index in [2.05, 4.69) is 20.9 Å². The second kappa shape index (κ2) is 13.7. The Labute approximate surface area is 221 Å². The van der Waals surface area contributed by atoms with Crippen LogP contribution in [0.2, 0.25) is 0 Å². The summed E-state index contributed by atoms with van der Waals surface area (Å²) < 4.78 is 17.3. The van der Waals surface area contributed by atoms with Crippen molar-refractivity contribution in [2.24, 2.45) is 5.41 Å². The first kappa shape index (κ1) is 28.8. The maximum atomic E-state index is 12.7. The smallest absolute Gasteiger partial charge is 0.319 e. The van der Waals surface area contributed by atoms with Gasteiger partial charge in [0.25, 0.3) is 5.91 Å². The van der Waals surface area contributed by atoms with Gasteiger partial charge in [-0.05, 0) is 36.4 Å². The van der Waals surface area contributed by atoms with Crippen LogP contribution in [0, 0.1) is 5.41 Å². The summed E-state index contributed by atoms with van der Waals surface area (Å²) in [6, 6.07) is 9.62. The lowest BCUT2D eigenvalue weighted by Crippen LogP contribution is -2.31. The molecule has 0 bridgehead atoms.